The third kappa shape index (κ3) is 4.20. The lowest BCUT2D eigenvalue weighted by atomic mass is 10.1. The molecule has 0 aliphatic carbocycles. The van der Waals surface area contributed by atoms with Crippen molar-refractivity contribution in [2.45, 2.75) is 20.5 Å². The SMILES string of the molecule is COC(=O)c1ccccc1NC(=O)c1cccc(OCc2c(C)noc2C)c1. The van der Waals surface area contributed by atoms with E-state index in [-0.39, 0.29) is 18.1 Å². The first-order valence-corrected chi connectivity index (χ1v) is 8.63. The number of anilines is 1. The molecule has 0 bridgehead atoms. The number of rotatable bonds is 6. The number of hydrogen-bond donors (Lipinski definition) is 1. The molecule has 0 saturated carbocycles. The van der Waals surface area contributed by atoms with Gasteiger partial charge in [0.25, 0.3) is 5.91 Å². The zero-order valence-electron chi connectivity index (χ0n) is 15.8. The number of nitrogens with one attached hydrogen (secondary N) is 1. The summed E-state index contributed by atoms with van der Waals surface area (Å²) >= 11 is 0. The molecule has 3 rings (SSSR count). The fourth-order valence-corrected chi connectivity index (χ4v) is 2.67. The topological polar surface area (TPSA) is 90.7 Å². The molecule has 0 spiro atoms. The number of esters is 1. The van der Waals surface area contributed by atoms with Crippen LogP contribution in [0.5, 0.6) is 5.75 Å². The molecule has 0 atom stereocenters. The summed E-state index contributed by atoms with van der Waals surface area (Å²) in [5.41, 5.74) is 2.70. The molecule has 1 amide bonds. The molecule has 0 radical (unpaired) electrons. The number of aryl methyl sites for hydroxylation is 2. The van der Waals surface area contributed by atoms with Crippen molar-refractivity contribution in [3.63, 3.8) is 0 Å². The predicted molar refractivity (Wildman–Crippen MR) is 102 cm³/mol. The van der Waals surface area contributed by atoms with Crippen LogP contribution >= 0.6 is 0 Å². The number of nitrogens with zero attached hydrogens (tertiary/aromatic N) is 1. The fourth-order valence-electron chi connectivity index (χ4n) is 2.67. The number of ether oxygens (including phenoxy) is 2. The Kier molecular flexibility index (Phi) is 5.74. The first kappa shape index (κ1) is 19.2. The number of benzene rings is 2. The Morgan fingerprint density at radius 1 is 1.11 bits per heavy atom. The molecule has 1 N–H and O–H groups in total. The zero-order chi connectivity index (χ0) is 20.1. The molecule has 1 aromatic heterocycles. The van der Waals surface area contributed by atoms with Gasteiger partial charge < -0.3 is 19.3 Å². The Morgan fingerprint density at radius 3 is 2.61 bits per heavy atom. The molecular weight excluding hydrogens is 360 g/mol. The van der Waals surface area contributed by atoms with Crippen LogP contribution in [-0.4, -0.2) is 24.1 Å². The van der Waals surface area contributed by atoms with Crippen molar-refractivity contribution in [1.82, 2.24) is 5.16 Å². The Labute approximate surface area is 162 Å². The van der Waals surface area contributed by atoms with Crippen molar-refractivity contribution < 1.29 is 23.6 Å². The summed E-state index contributed by atoms with van der Waals surface area (Å²) in [5.74, 6) is 0.353. The smallest absolute Gasteiger partial charge is 0.339 e. The minimum absolute atomic E-state index is 0.282. The second kappa shape index (κ2) is 8.39. The Balaban J connectivity index is 1.73. The van der Waals surface area contributed by atoms with E-state index in [4.69, 9.17) is 14.0 Å². The number of carbonyl (C=O) groups excluding carboxylic acids is 2. The largest absolute Gasteiger partial charge is 0.489 e. The standard InChI is InChI=1S/C21H20N2O5/c1-13-18(14(2)28-23-13)12-27-16-8-6-7-15(11-16)20(24)22-19-10-5-4-9-17(19)21(25)26-3/h4-11H,12H2,1-3H3,(H,22,24). The zero-order valence-corrected chi connectivity index (χ0v) is 15.8. The van der Waals surface area contributed by atoms with Crippen LogP contribution in [0.15, 0.2) is 53.1 Å². The monoisotopic (exact) mass is 380 g/mol. The average Bonchev–Trinajstić information content (AvgIpc) is 3.04. The van der Waals surface area contributed by atoms with Gasteiger partial charge in [0.15, 0.2) is 0 Å². The van der Waals surface area contributed by atoms with E-state index in [1.54, 1.807) is 48.5 Å². The van der Waals surface area contributed by atoms with Crippen molar-refractivity contribution in [1.29, 1.82) is 0 Å². The number of carbonyl (C=O) groups is 2. The quantitative estimate of drug-likeness (QED) is 0.652. The van der Waals surface area contributed by atoms with Gasteiger partial charge in [0.2, 0.25) is 0 Å². The van der Waals surface area contributed by atoms with Gasteiger partial charge in [-0.1, -0.05) is 23.4 Å². The summed E-state index contributed by atoms with van der Waals surface area (Å²) in [6, 6.07) is 13.4. The number of methoxy groups -OCH3 is 1. The fraction of sp³-hybridized carbons (Fsp3) is 0.190. The van der Waals surface area contributed by atoms with Crippen molar-refractivity contribution in [3.8, 4) is 5.75 Å². The molecule has 0 aliphatic heterocycles. The third-order valence-corrected chi connectivity index (χ3v) is 4.24. The molecule has 2 aromatic carbocycles. The van der Waals surface area contributed by atoms with Crippen LogP contribution in [0, 0.1) is 13.8 Å². The normalized spacial score (nSPS) is 10.4. The molecule has 0 saturated heterocycles. The van der Waals surface area contributed by atoms with E-state index in [0.717, 1.165) is 11.3 Å². The molecule has 0 unspecified atom stereocenters. The van der Waals surface area contributed by atoms with Crippen molar-refractivity contribution in [3.05, 3.63) is 76.7 Å². The van der Waals surface area contributed by atoms with E-state index in [2.05, 4.69) is 10.5 Å². The van der Waals surface area contributed by atoms with Gasteiger partial charge in [-0.15, -0.1) is 0 Å². The highest BCUT2D eigenvalue weighted by molar-refractivity contribution is 6.08. The van der Waals surface area contributed by atoms with Crippen LogP contribution in [0.3, 0.4) is 0 Å². The molecule has 28 heavy (non-hydrogen) atoms. The Morgan fingerprint density at radius 2 is 1.89 bits per heavy atom. The lowest BCUT2D eigenvalue weighted by molar-refractivity contribution is 0.0602. The minimum Gasteiger partial charge on any atom is -0.489 e. The van der Waals surface area contributed by atoms with E-state index in [1.165, 1.54) is 7.11 Å². The van der Waals surface area contributed by atoms with Crippen LogP contribution in [-0.2, 0) is 11.3 Å². The van der Waals surface area contributed by atoms with E-state index < -0.39 is 5.97 Å². The van der Waals surface area contributed by atoms with Crippen molar-refractivity contribution in [2.75, 3.05) is 12.4 Å². The maximum Gasteiger partial charge on any atom is 0.339 e. The summed E-state index contributed by atoms with van der Waals surface area (Å²) in [4.78, 5) is 24.5. The van der Waals surface area contributed by atoms with Gasteiger partial charge in [-0.25, -0.2) is 4.79 Å². The van der Waals surface area contributed by atoms with Gasteiger partial charge in [-0.2, -0.15) is 0 Å². The number of para-hydroxylation sites is 1. The Bertz CT molecular complexity index is 990. The van der Waals surface area contributed by atoms with Crippen LogP contribution < -0.4 is 10.1 Å². The maximum absolute atomic E-state index is 12.6. The summed E-state index contributed by atoms with van der Waals surface area (Å²) in [5, 5.41) is 6.63. The van der Waals surface area contributed by atoms with Crippen LogP contribution in [0.4, 0.5) is 5.69 Å². The third-order valence-electron chi connectivity index (χ3n) is 4.24. The lowest BCUT2D eigenvalue weighted by Gasteiger charge is -2.11. The Hall–Kier alpha value is -3.61. The summed E-state index contributed by atoms with van der Waals surface area (Å²) in [7, 11) is 1.29. The average molecular weight is 380 g/mol. The second-order valence-electron chi connectivity index (χ2n) is 6.11. The van der Waals surface area contributed by atoms with E-state index in [9.17, 15) is 9.59 Å². The first-order chi connectivity index (χ1) is 13.5. The lowest BCUT2D eigenvalue weighted by Crippen LogP contribution is -2.15. The van der Waals surface area contributed by atoms with Crippen LogP contribution in [0.1, 0.15) is 37.7 Å². The van der Waals surface area contributed by atoms with Gasteiger partial charge in [-0.05, 0) is 44.2 Å². The van der Waals surface area contributed by atoms with Gasteiger partial charge in [0.1, 0.15) is 18.1 Å². The summed E-state index contributed by atoms with van der Waals surface area (Å²) < 4.78 is 15.6. The first-order valence-electron chi connectivity index (χ1n) is 8.63. The number of amides is 1. The molecule has 0 fully saturated rings. The van der Waals surface area contributed by atoms with Crippen molar-refractivity contribution in [2.24, 2.45) is 0 Å². The molecule has 7 heteroatoms. The van der Waals surface area contributed by atoms with Gasteiger partial charge in [-0.3, -0.25) is 4.79 Å². The van der Waals surface area contributed by atoms with Gasteiger partial charge in [0.05, 0.1) is 29.6 Å². The number of aromatic nitrogens is 1. The number of hydrogen-bond acceptors (Lipinski definition) is 6. The minimum atomic E-state index is -0.521. The molecule has 0 aliphatic rings. The summed E-state index contributed by atoms with van der Waals surface area (Å²) in [6.45, 7) is 3.95. The predicted octanol–water partition coefficient (Wildman–Crippen LogP) is 3.91. The highest BCUT2D eigenvalue weighted by Gasteiger charge is 2.15. The van der Waals surface area contributed by atoms with Crippen LogP contribution in [0.2, 0.25) is 0 Å². The highest BCUT2D eigenvalue weighted by atomic mass is 16.5. The van der Waals surface area contributed by atoms with E-state index in [1.807, 2.05) is 13.8 Å². The maximum atomic E-state index is 12.6. The molecule has 144 valence electrons. The van der Waals surface area contributed by atoms with E-state index in [0.29, 0.717) is 22.8 Å². The van der Waals surface area contributed by atoms with E-state index >= 15 is 0 Å². The second-order valence-corrected chi connectivity index (χ2v) is 6.11. The van der Waals surface area contributed by atoms with Gasteiger partial charge in [0, 0.05) is 5.56 Å². The highest BCUT2D eigenvalue weighted by Crippen LogP contribution is 2.21. The summed E-state index contributed by atoms with van der Waals surface area (Å²) in [6.07, 6.45) is 0. The van der Waals surface area contributed by atoms with Crippen molar-refractivity contribution >= 4 is 17.6 Å². The molecule has 1 heterocycles. The molecular formula is C21H20N2O5. The molecule has 7 nitrogen and oxygen atoms in total. The van der Waals surface area contributed by atoms with Crippen LogP contribution in [0.25, 0.3) is 0 Å². The molecule has 3 aromatic rings. The van der Waals surface area contributed by atoms with Gasteiger partial charge >= 0.3 is 5.97 Å².